The summed E-state index contributed by atoms with van der Waals surface area (Å²) in [5.74, 6) is -0.166. The maximum absolute atomic E-state index is 11.9. The van der Waals surface area contributed by atoms with E-state index in [1.807, 2.05) is 55.1 Å². The van der Waals surface area contributed by atoms with Gasteiger partial charge in [0.25, 0.3) is 6.04 Å². The highest BCUT2D eigenvalue weighted by atomic mass is 79.9. The molecule has 0 aliphatic carbocycles. The Labute approximate surface area is 124 Å². The lowest BCUT2D eigenvalue weighted by Crippen LogP contribution is -2.43. The maximum atomic E-state index is 11.9. The van der Waals surface area contributed by atoms with E-state index in [4.69, 9.17) is 4.74 Å². The van der Waals surface area contributed by atoms with Gasteiger partial charge in [0.1, 0.15) is 0 Å². The largest absolute Gasteiger partial charge is 0.461 e. The molecule has 1 aromatic carbocycles. The van der Waals surface area contributed by atoms with Crippen molar-refractivity contribution in [2.75, 3.05) is 6.61 Å². The van der Waals surface area contributed by atoms with Crippen LogP contribution in [0.15, 0.2) is 42.7 Å². The fraction of sp³-hybridized carbons (Fsp3) is 0.333. The van der Waals surface area contributed by atoms with Crippen molar-refractivity contribution >= 4 is 33.7 Å². The van der Waals surface area contributed by atoms with Crippen molar-refractivity contribution in [1.82, 2.24) is 0 Å². The lowest BCUT2D eigenvalue weighted by Gasteiger charge is -2.09. The molecule has 3 nitrogen and oxygen atoms in total. The highest BCUT2D eigenvalue weighted by Crippen LogP contribution is 2.12. The van der Waals surface area contributed by atoms with E-state index in [1.54, 1.807) is 0 Å². The number of hydrogen-bond acceptors (Lipinski definition) is 2. The van der Waals surface area contributed by atoms with Gasteiger partial charge in [0, 0.05) is 17.9 Å². The zero-order chi connectivity index (χ0) is 13.0. The number of pyridine rings is 1. The number of fused-ring (bicyclic) bond motifs is 1. The number of carbonyl (C=O) groups is 1. The Morgan fingerprint density at radius 1 is 1.21 bits per heavy atom. The molecule has 0 radical (unpaired) electrons. The lowest BCUT2D eigenvalue weighted by molar-refractivity contribution is -0.709. The van der Waals surface area contributed by atoms with Crippen LogP contribution in [0.1, 0.15) is 26.3 Å². The molecule has 0 aliphatic heterocycles. The van der Waals surface area contributed by atoms with Crippen molar-refractivity contribution in [3.63, 3.8) is 0 Å². The minimum atomic E-state index is -0.241. The average Bonchev–Trinajstić information content (AvgIpc) is 2.40. The molecule has 0 spiro atoms. The fourth-order valence-electron chi connectivity index (χ4n) is 2.08. The van der Waals surface area contributed by atoms with Crippen LogP contribution in [-0.4, -0.2) is 12.6 Å². The second-order valence-electron chi connectivity index (χ2n) is 4.20. The Hall–Kier alpha value is -1.42. The first kappa shape index (κ1) is 15.6. The Bertz CT molecular complexity index is 557. The van der Waals surface area contributed by atoms with E-state index in [-0.39, 0.29) is 29.0 Å². The van der Waals surface area contributed by atoms with Gasteiger partial charge in [-0.3, -0.25) is 0 Å². The van der Waals surface area contributed by atoms with Gasteiger partial charge in [0.2, 0.25) is 0 Å². The fourth-order valence-corrected chi connectivity index (χ4v) is 2.08. The van der Waals surface area contributed by atoms with Crippen molar-refractivity contribution in [1.29, 1.82) is 0 Å². The minimum absolute atomic E-state index is 0. The molecule has 1 unspecified atom stereocenters. The summed E-state index contributed by atoms with van der Waals surface area (Å²) in [5.41, 5.74) is 0. The van der Waals surface area contributed by atoms with Gasteiger partial charge in [-0.2, -0.15) is 4.57 Å². The van der Waals surface area contributed by atoms with E-state index in [1.165, 1.54) is 5.39 Å². The lowest BCUT2D eigenvalue weighted by atomic mass is 10.1. The molecule has 102 valence electrons. The Balaban J connectivity index is 0.00000180. The van der Waals surface area contributed by atoms with Gasteiger partial charge >= 0.3 is 5.97 Å². The molecule has 0 N–H and O–H groups in total. The summed E-state index contributed by atoms with van der Waals surface area (Å²) in [5, 5.41) is 2.30. The Morgan fingerprint density at radius 2 is 1.89 bits per heavy atom. The SMILES string of the molecule is Br.CCOC(=O)C(CC)[n+]1ccc2ccccc2c1. The molecular formula is C15H19BrNO2+. The van der Waals surface area contributed by atoms with Gasteiger partial charge in [-0.15, -0.1) is 17.0 Å². The maximum Gasteiger partial charge on any atom is 0.375 e. The van der Waals surface area contributed by atoms with Gasteiger partial charge < -0.3 is 4.74 Å². The first-order chi connectivity index (χ1) is 8.76. The van der Waals surface area contributed by atoms with Crippen molar-refractivity contribution in [3.05, 3.63) is 42.7 Å². The number of carbonyl (C=O) groups excluding carboxylic acids is 1. The average molecular weight is 325 g/mol. The van der Waals surface area contributed by atoms with Crippen molar-refractivity contribution in [2.24, 2.45) is 0 Å². The number of nitrogens with zero attached hydrogens (tertiary/aromatic N) is 1. The quantitative estimate of drug-likeness (QED) is 0.638. The smallest absolute Gasteiger partial charge is 0.375 e. The summed E-state index contributed by atoms with van der Waals surface area (Å²) in [6.45, 7) is 4.24. The molecule has 1 atom stereocenters. The van der Waals surface area contributed by atoms with Crippen LogP contribution in [0, 0.1) is 0 Å². The predicted molar refractivity (Wildman–Crippen MR) is 80.4 cm³/mol. The Morgan fingerprint density at radius 3 is 2.53 bits per heavy atom. The molecule has 0 bridgehead atoms. The van der Waals surface area contributed by atoms with E-state index < -0.39 is 0 Å². The highest BCUT2D eigenvalue weighted by Gasteiger charge is 2.26. The standard InChI is InChI=1S/C15H18NO2.BrH/c1-3-14(15(17)18-4-2)16-10-9-12-7-5-6-8-13(12)11-16;/h5-11,14H,3-4H2,1-2H3;1H/q+1;. The summed E-state index contributed by atoms with van der Waals surface area (Å²) < 4.78 is 7.03. The molecule has 0 aliphatic rings. The zero-order valence-electron chi connectivity index (χ0n) is 11.2. The minimum Gasteiger partial charge on any atom is -0.461 e. The van der Waals surface area contributed by atoms with Gasteiger partial charge in [-0.25, -0.2) is 4.79 Å². The van der Waals surface area contributed by atoms with Crippen LogP contribution in [0.4, 0.5) is 0 Å². The second kappa shape index (κ2) is 7.24. The first-order valence-electron chi connectivity index (χ1n) is 6.32. The van der Waals surface area contributed by atoms with E-state index >= 15 is 0 Å². The number of aromatic nitrogens is 1. The van der Waals surface area contributed by atoms with Crippen molar-refractivity contribution < 1.29 is 14.1 Å². The van der Waals surface area contributed by atoms with Crippen LogP contribution in [-0.2, 0) is 9.53 Å². The normalized spacial score (nSPS) is 11.7. The second-order valence-corrected chi connectivity index (χ2v) is 4.20. The van der Waals surface area contributed by atoms with Crippen LogP contribution < -0.4 is 4.57 Å². The third-order valence-corrected chi connectivity index (χ3v) is 3.02. The zero-order valence-corrected chi connectivity index (χ0v) is 12.9. The molecule has 4 heteroatoms. The Kier molecular flexibility index (Phi) is 5.96. The van der Waals surface area contributed by atoms with Gasteiger partial charge in [0.05, 0.1) is 6.61 Å². The van der Waals surface area contributed by atoms with Gasteiger partial charge in [-0.05, 0) is 18.4 Å². The van der Waals surface area contributed by atoms with Crippen molar-refractivity contribution in [2.45, 2.75) is 26.3 Å². The van der Waals surface area contributed by atoms with Crippen LogP contribution in [0.2, 0.25) is 0 Å². The first-order valence-corrected chi connectivity index (χ1v) is 6.32. The third kappa shape index (κ3) is 3.53. The predicted octanol–water partition coefficient (Wildman–Crippen LogP) is 3.22. The van der Waals surface area contributed by atoms with Gasteiger partial charge in [-0.1, -0.05) is 25.1 Å². The molecule has 19 heavy (non-hydrogen) atoms. The number of rotatable bonds is 4. The molecule has 0 amide bonds. The molecule has 0 fully saturated rings. The summed E-state index contributed by atoms with van der Waals surface area (Å²) >= 11 is 0. The summed E-state index contributed by atoms with van der Waals surface area (Å²) in [6, 6.07) is 9.90. The molecule has 1 aromatic heterocycles. The van der Waals surface area contributed by atoms with E-state index in [2.05, 4.69) is 6.07 Å². The monoisotopic (exact) mass is 324 g/mol. The van der Waals surface area contributed by atoms with Gasteiger partial charge in [0.15, 0.2) is 12.4 Å². The molecule has 2 aromatic rings. The molecule has 0 saturated heterocycles. The molecule has 2 rings (SSSR count). The van der Waals surface area contributed by atoms with Crippen LogP contribution in [0.5, 0.6) is 0 Å². The molecular weight excluding hydrogens is 306 g/mol. The summed E-state index contributed by atoms with van der Waals surface area (Å²) in [4.78, 5) is 11.9. The van der Waals surface area contributed by atoms with Crippen LogP contribution >= 0.6 is 17.0 Å². The number of hydrogen-bond donors (Lipinski definition) is 0. The molecule has 1 heterocycles. The summed E-state index contributed by atoms with van der Waals surface area (Å²) in [6.07, 6.45) is 4.66. The van der Waals surface area contributed by atoms with Crippen LogP contribution in [0.25, 0.3) is 10.8 Å². The van der Waals surface area contributed by atoms with E-state index in [0.29, 0.717) is 6.61 Å². The van der Waals surface area contributed by atoms with Crippen molar-refractivity contribution in [3.8, 4) is 0 Å². The molecule has 0 saturated carbocycles. The van der Waals surface area contributed by atoms with Crippen LogP contribution in [0.3, 0.4) is 0 Å². The number of esters is 1. The van der Waals surface area contributed by atoms with E-state index in [0.717, 1.165) is 11.8 Å². The number of ether oxygens (including phenoxy) is 1. The topological polar surface area (TPSA) is 30.2 Å². The number of benzene rings is 1. The number of halogens is 1. The van der Waals surface area contributed by atoms with E-state index in [9.17, 15) is 4.79 Å². The third-order valence-electron chi connectivity index (χ3n) is 3.02. The summed E-state index contributed by atoms with van der Waals surface area (Å²) in [7, 11) is 0. The highest BCUT2D eigenvalue weighted by molar-refractivity contribution is 8.93.